The minimum Gasteiger partial charge on any atom is -0.359 e. The largest absolute Gasteiger partial charge is 0.359 e. The molecule has 1 aromatic carbocycles. The number of nitrogens with zero attached hydrogens (tertiary/aromatic N) is 4. The molecule has 1 aliphatic rings. The summed E-state index contributed by atoms with van der Waals surface area (Å²) in [5, 5.41) is 8.36. The van der Waals surface area contributed by atoms with Gasteiger partial charge in [0.25, 0.3) is 0 Å². The first-order valence-corrected chi connectivity index (χ1v) is 7.97. The Hall–Kier alpha value is -2.40. The highest BCUT2D eigenvalue weighted by Gasteiger charge is 2.24. The molecular weight excluding hydrogens is 288 g/mol. The maximum Gasteiger partial charge on any atom is 0.151 e. The Morgan fingerprint density at radius 1 is 1.30 bits per heavy atom. The Labute approximate surface area is 135 Å². The molecule has 2 aromatic heterocycles. The second-order valence-electron chi connectivity index (χ2n) is 6.18. The summed E-state index contributed by atoms with van der Waals surface area (Å²) < 4.78 is 7.31. The highest BCUT2D eigenvalue weighted by Crippen LogP contribution is 2.30. The summed E-state index contributed by atoms with van der Waals surface area (Å²) in [7, 11) is 1.90. The molecule has 0 saturated heterocycles. The Balaban J connectivity index is 1.52. The van der Waals surface area contributed by atoms with E-state index in [1.54, 1.807) is 10.9 Å². The van der Waals surface area contributed by atoms with Crippen LogP contribution in [0.1, 0.15) is 29.9 Å². The van der Waals surface area contributed by atoms with Crippen LogP contribution in [0.3, 0.4) is 0 Å². The molecule has 5 nitrogen and oxygen atoms in total. The quantitative estimate of drug-likeness (QED) is 0.745. The van der Waals surface area contributed by atoms with E-state index in [-0.39, 0.29) is 0 Å². The SMILES string of the molecule is CC1c2ccccc2CCN1Cc1cc(-c2cnn(C)c2)no1. The second-order valence-corrected chi connectivity index (χ2v) is 6.18. The van der Waals surface area contributed by atoms with Crippen molar-refractivity contribution in [3.05, 3.63) is 59.6 Å². The zero-order valence-corrected chi connectivity index (χ0v) is 13.4. The highest BCUT2D eigenvalue weighted by atomic mass is 16.5. The van der Waals surface area contributed by atoms with Gasteiger partial charge >= 0.3 is 0 Å². The van der Waals surface area contributed by atoms with Gasteiger partial charge in [-0.1, -0.05) is 29.4 Å². The predicted molar refractivity (Wildman–Crippen MR) is 87.7 cm³/mol. The van der Waals surface area contributed by atoms with Gasteiger partial charge in [0, 0.05) is 37.5 Å². The maximum absolute atomic E-state index is 5.54. The van der Waals surface area contributed by atoms with Gasteiger partial charge in [0.05, 0.1) is 12.7 Å². The summed E-state index contributed by atoms with van der Waals surface area (Å²) in [5.41, 5.74) is 4.72. The number of aromatic nitrogens is 3. The molecule has 0 bridgehead atoms. The lowest BCUT2D eigenvalue weighted by molar-refractivity contribution is 0.169. The molecule has 0 radical (unpaired) electrons. The first kappa shape index (κ1) is 14.2. The van der Waals surface area contributed by atoms with Crippen molar-refractivity contribution in [1.82, 2.24) is 19.8 Å². The fourth-order valence-electron chi connectivity index (χ4n) is 3.32. The van der Waals surface area contributed by atoms with Gasteiger partial charge in [-0.3, -0.25) is 9.58 Å². The van der Waals surface area contributed by atoms with E-state index < -0.39 is 0 Å². The first-order chi connectivity index (χ1) is 11.2. The number of hydrogen-bond donors (Lipinski definition) is 0. The summed E-state index contributed by atoms with van der Waals surface area (Å²) >= 11 is 0. The zero-order chi connectivity index (χ0) is 15.8. The number of aryl methyl sites for hydroxylation is 1. The third kappa shape index (κ3) is 2.68. The molecule has 0 spiro atoms. The Bertz CT molecular complexity index is 820. The van der Waals surface area contributed by atoms with E-state index in [4.69, 9.17) is 4.52 Å². The van der Waals surface area contributed by atoms with Crippen molar-refractivity contribution in [1.29, 1.82) is 0 Å². The monoisotopic (exact) mass is 308 g/mol. The lowest BCUT2D eigenvalue weighted by Gasteiger charge is -2.34. The van der Waals surface area contributed by atoms with Gasteiger partial charge in [0.1, 0.15) is 5.69 Å². The van der Waals surface area contributed by atoms with Gasteiger partial charge in [0.2, 0.25) is 0 Å². The number of fused-ring (bicyclic) bond motifs is 1. The topological polar surface area (TPSA) is 47.1 Å². The van der Waals surface area contributed by atoms with Gasteiger partial charge in [-0.05, 0) is 24.5 Å². The minimum atomic E-state index is 0.395. The van der Waals surface area contributed by atoms with E-state index >= 15 is 0 Å². The highest BCUT2D eigenvalue weighted by molar-refractivity contribution is 5.56. The molecule has 3 aromatic rings. The molecule has 5 heteroatoms. The Morgan fingerprint density at radius 2 is 2.17 bits per heavy atom. The molecule has 118 valence electrons. The van der Waals surface area contributed by atoms with Gasteiger partial charge in [0.15, 0.2) is 5.76 Å². The minimum absolute atomic E-state index is 0.395. The van der Waals surface area contributed by atoms with E-state index in [1.807, 2.05) is 19.3 Å². The van der Waals surface area contributed by atoms with Crippen molar-refractivity contribution in [2.75, 3.05) is 6.54 Å². The predicted octanol–water partition coefficient (Wildman–Crippen LogP) is 3.19. The van der Waals surface area contributed by atoms with Crippen LogP contribution < -0.4 is 0 Å². The van der Waals surface area contributed by atoms with Crippen LogP contribution in [0.2, 0.25) is 0 Å². The fraction of sp³-hybridized carbons (Fsp3) is 0.333. The van der Waals surface area contributed by atoms with Gasteiger partial charge < -0.3 is 4.52 Å². The van der Waals surface area contributed by atoms with Crippen LogP contribution in [0.4, 0.5) is 0 Å². The molecule has 0 fully saturated rings. The third-order valence-electron chi connectivity index (χ3n) is 4.64. The van der Waals surface area contributed by atoms with Crippen LogP contribution in [0.5, 0.6) is 0 Å². The van der Waals surface area contributed by atoms with Crippen molar-refractivity contribution in [3.63, 3.8) is 0 Å². The zero-order valence-electron chi connectivity index (χ0n) is 13.4. The van der Waals surface area contributed by atoms with Crippen LogP contribution >= 0.6 is 0 Å². The van der Waals surface area contributed by atoms with E-state index in [9.17, 15) is 0 Å². The van der Waals surface area contributed by atoms with E-state index in [1.165, 1.54) is 11.1 Å². The molecule has 23 heavy (non-hydrogen) atoms. The second kappa shape index (κ2) is 5.66. The fourth-order valence-corrected chi connectivity index (χ4v) is 3.32. The number of benzene rings is 1. The molecule has 0 amide bonds. The van der Waals surface area contributed by atoms with Crippen molar-refractivity contribution in [2.45, 2.75) is 25.9 Å². The van der Waals surface area contributed by atoms with Crippen LogP contribution in [0, 0.1) is 0 Å². The van der Waals surface area contributed by atoms with Crippen molar-refractivity contribution >= 4 is 0 Å². The molecule has 1 aliphatic heterocycles. The molecule has 3 heterocycles. The Kier molecular flexibility index (Phi) is 3.50. The van der Waals surface area contributed by atoms with Crippen LogP contribution in [-0.2, 0) is 20.0 Å². The van der Waals surface area contributed by atoms with E-state index in [0.29, 0.717) is 6.04 Å². The first-order valence-electron chi connectivity index (χ1n) is 7.97. The van der Waals surface area contributed by atoms with Crippen LogP contribution in [-0.4, -0.2) is 26.4 Å². The number of hydrogen-bond acceptors (Lipinski definition) is 4. The lowest BCUT2D eigenvalue weighted by Crippen LogP contribution is -2.33. The molecule has 0 aliphatic carbocycles. The van der Waals surface area contributed by atoms with Crippen molar-refractivity contribution in [3.8, 4) is 11.3 Å². The molecule has 1 unspecified atom stereocenters. The van der Waals surface area contributed by atoms with E-state index in [0.717, 1.165) is 36.5 Å². The van der Waals surface area contributed by atoms with Gasteiger partial charge in [-0.15, -0.1) is 0 Å². The average molecular weight is 308 g/mol. The molecule has 0 saturated carbocycles. The van der Waals surface area contributed by atoms with Crippen LogP contribution in [0.25, 0.3) is 11.3 Å². The van der Waals surface area contributed by atoms with Gasteiger partial charge in [-0.2, -0.15) is 5.10 Å². The summed E-state index contributed by atoms with van der Waals surface area (Å²) in [6.07, 6.45) is 4.84. The van der Waals surface area contributed by atoms with Crippen molar-refractivity contribution < 1.29 is 4.52 Å². The van der Waals surface area contributed by atoms with Crippen LogP contribution in [0.15, 0.2) is 47.2 Å². The molecule has 4 rings (SSSR count). The molecular formula is C18H20N4O. The lowest BCUT2D eigenvalue weighted by atomic mass is 9.93. The summed E-state index contributed by atoms with van der Waals surface area (Å²) in [4.78, 5) is 2.44. The molecule has 0 N–H and O–H groups in total. The normalized spacial score (nSPS) is 18.1. The summed E-state index contributed by atoms with van der Waals surface area (Å²) in [6, 6.07) is 11.1. The smallest absolute Gasteiger partial charge is 0.151 e. The number of rotatable bonds is 3. The van der Waals surface area contributed by atoms with Crippen molar-refractivity contribution in [2.24, 2.45) is 7.05 Å². The van der Waals surface area contributed by atoms with E-state index in [2.05, 4.69) is 46.3 Å². The average Bonchev–Trinajstić information content (AvgIpc) is 3.19. The molecule has 1 atom stereocenters. The Morgan fingerprint density at radius 3 is 3.00 bits per heavy atom. The summed E-state index contributed by atoms with van der Waals surface area (Å²) in [6.45, 7) is 4.08. The van der Waals surface area contributed by atoms with Gasteiger partial charge in [-0.25, -0.2) is 0 Å². The maximum atomic E-state index is 5.54. The third-order valence-corrected chi connectivity index (χ3v) is 4.64. The summed E-state index contributed by atoms with van der Waals surface area (Å²) in [5.74, 6) is 0.898. The standard InChI is InChI=1S/C18H20N4O/c1-13-17-6-4-3-5-14(17)7-8-22(13)12-16-9-18(20-23-16)15-10-19-21(2)11-15/h3-6,9-11,13H,7-8,12H2,1-2H3.